The van der Waals surface area contributed by atoms with E-state index in [9.17, 15) is 4.53 Å². The lowest BCUT2D eigenvalue weighted by Crippen LogP contribution is -1.41. The Morgan fingerprint density at radius 1 is 1.50 bits per heavy atom. The van der Waals surface area contributed by atoms with Crippen LogP contribution in [0, 0.1) is 0 Å². The molecule has 0 aromatic heterocycles. The third kappa shape index (κ3) is 356. The highest BCUT2D eigenvalue weighted by atomic mass is 19.3. The second-order valence-corrected chi connectivity index (χ2v) is 0.256. The van der Waals surface area contributed by atoms with Crippen molar-refractivity contribution in [2.75, 3.05) is 0 Å². The van der Waals surface area contributed by atoms with Gasteiger partial charge in [0.2, 0.25) is 0 Å². The van der Waals surface area contributed by atoms with E-state index in [4.69, 9.17) is 0 Å². The van der Waals surface area contributed by atoms with Gasteiger partial charge in [0.25, 0.3) is 0 Å². The standard InChI is InChI=1S/C2H3FO.C2H4/c1-2-4-3;1-2/h2H,1H2;1-2H2. The summed E-state index contributed by atoms with van der Waals surface area (Å²) >= 11 is 0. The first kappa shape index (κ1) is 8.96. The van der Waals surface area contributed by atoms with Gasteiger partial charge in [-0.2, -0.15) is 0 Å². The first-order valence-electron chi connectivity index (χ1n) is 1.30. The fraction of sp³-hybridized carbons (Fsp3) is 0. The summed E-state index contributed by atoms with van der Waals surface area (Å²) < 4.78 is 10.1. The Kier molecular flexibility index (Phi) is 44.3. The Morgan fingerprint density at radius 3 is 1.67 bits per heavy atom. The molecule has 1 nitrogen and oxygen atoms in total. The van der Waals surface area contributed by atoms with Gasteiger partial charge in [0, 0.05) is 4.53 Å². The van der Waals surface area contributed by atoms with E-state index in [2.05, 4.69) is 24.7 Å². The summed E-state index contributed by atoms with van der Waals surface area (Å²) in [5.41, 5.74) is 0. The largest absolute Gasteiger partial charge is 0.303 e. The van der Waals surface area contributed by atoms with Gasteiger partial charge in [0.1, 0.15) is 6.26 Å². The van der Waals surface area contributed by atoms with Crippen LogP contribution in [0.1, 0.15) is 0 Å². The highest BCUT2D eigenvalue weighted by Gasteiger charge is 1.43. The molecule has 0 fully saturated rings. The SMILES string of the molecule is C=C.C=COF. The molecule has 0 atom stereocenters. The molecule has 0 aromatic rings. The van der Waals surface area contributed by atoms with Crippen LogP contribution in [-0.4, -0.2) is 0 Å². The van der Waals surface area contributed by atoms with Crippen LogP contribution in [0.2, 0.25) is 0 Å². The van der Waals surface area contributed by atoms with Crippen LogP contribution in [0.3, 0.4) is 0 Å². The molecular weight excluding hydrogens is 83.0 g/mol. The number of halogens is 1. The zero-order chi connectivity index (χ0) is 5.41. The normalized spacial score (nSPS) is 4.17. The van der Waals surface area contributed by atoms with E-state index < -0.39 is 0 Å². The Balaban J connectivity index is 0. The van der Waals surface area contributed by atoms with Gasteiger partial charge < -0.3 is 4.94 Å². The third-order valence-corrected chi connectivity index (χ3v) is 0.0630. The van der Waals surface area contributed by atoms with Gasteiger partial charge in [-0.05, 0) is 0 Å². The minimum Gasteiger partial charge on any atom is -0.303 e. The predicted molar refractivity (Wildman–Crippen MR) is 23.6 cm³/mol. The van der Waals surface area contributed by atoms with Gasteiger partial charge in [-0.25, -0.2) is 0 Å². The fourth-order valence-electron chi connectivity index (χ4n) is 0. The predicted octanol–water partition coefficient (Wildman–Crippen LogP) is 1.83. The van der Waals surface area contributed by atoms with Crippen molar-refractivity contribution in [1.29, 1.82) is 0 Å². The van der Waals surface area contributed by atoms with Crippen molar-refractivity contribution in [1.82, 2.24) is 0 Å². The van der Waals surface area contributed by atoms with Crippen LogP contribution in [-0.2, 0) is 4.94 Å². The molecule has 0 heterocycles. The van der Waals surface area contributed by atoms with E-state index in [0.717, 1.165) is 0 Å². The van der Waals surface area contributed by atoms with Gasteiger partial charge in [-0.1, -0.05) is 6.58 Å². The van der Waals surface area contributed by atoms with Crippen molar-refractivity contribution in [3.63, 3.8) is 0 Å². The Bertz CT molecular complexity index is 28.7. The minimum absolute atomic E-state index is 0.708. The van der Waals surface area contributed by atoms with Crippen LogP contribution >= 0.6 is 0 Å². The molecule has 2 heteroatoms. The molecule has 0 N–H and O–H groups in total. The summed E-state index contributed by atoms with van der Waals surface area (Å²) in [6.07, 6.45) is 0.708. The molecule has 0 rings (SSSR count). The monoisotopic (exact) mass is 90.0 g/mol. The fourth-order valence-corrected chi connectivity index (χ4v) is 0. The number of hydrogen-bond acceptors (Lipinski definition) is 1. The molecule has 0 saturated carbocycles. The second-order valence-electron chi connectivity index (χ2n) is 0.256. The molecule has 0 spiro atoms. The molecule has 0 saturated heterocycles. The van der Waals surface area contributed by atoms with Crippen molar-refractivity contribution in [3.05, 3.63) is 26.0 Å². The maximum Gasteiger partial charge on any atom is 0.128 e. The molecule has 0 bridgehead atoms. The smallest absolute Gasteiger partial charge is 0.128 e. The molecule has 0 aromatic carbocycles. The van der Waals surface area contributed by atoms with Gasteiger partial charge in [0.05, 0.1) is 0 Å². The molecule has 36 valence electrons. The molecule has 0 amide bonds. The van der Waals surface area contributed by atoms with Crippen molar-refractivity contribution >= 4 is 0 Å². The molecule has 0 aliphatic carbocycles. The summed E-state index contributed by atoms with van der Waals surface area (Å²) in [7, 11) is 0. The topological polar surface area (TPSA) is 9.23 Å². The van der Waals surface area contributed by atoms with E-state index in [1.54, 1.807) is 0 Å². The highest BCUT2D eigenvalue weighted by Crippen LogP contribution is 1.63. The minimum atomic E-state index is 0.708. The number of rotatable bonds is 1. The average molecular weight is 90.1 g/mol. The second kappa shape index (κ2) is 29.6. The summed E-state index contributed by atoms with van der Waals surface area (Å²) in [6, 6.07) is 0. The first-order chi connectivity index (χ1) is 2.91. The maximum absolute atomic E-state index is 10.1. The third-order valence-electron chi connectivity index (χ3n) is 0.0630. The van der Waals surface area contributed by atoms with Crippen LogP contribution in [0.4, 0.5) is 4.53 Å². The molecule has 0 aliphatic rings. The van der Waals surface area contributed by atoms with Crippen LogP contribution in [0.25, 0.3) is 0 Å². The zero-order valence-corrected chi connectivity index (χ0v) is 3.48. The molecular formula is C4H7FO. The van der Waals surface area contributed by atoms with E-state index in [1.165, 1.54) is 0 Å². The molecule has 0 aliphatic heterocycles. The van der Waals surface area contributed by atoms with E-state index in [1.807, 2.05) is 0 Å². The van der Waals surface area contributed by atoms with E-state index in [0.29, 0.717) is 6.26 Å². The van der Waals surface area contributed by atoms with Crippen molar-refractivity contribution in [2.45, 2.75) is 0 Å². The quantitative estimate of drug-likeness (QED) is 0.352. The van der Waals surface area contributed by atoms with Gasteiger partial charge >= 0.3 is 0 Å². The van der Waals surface area contributed by atoms with Crippen LogP contribution < -0.4 is 0 Å². The maximum atomic E-state index is 10.1. The molecule has 0 radical (unpaired) electrons. The van der Waals surface area contributed by atoms with Crippen LogP contribution in [0.15, 0.2) is 26.0 Å². The number of hydrogen-bond donors (Lipinski definition) is 0. The molecule has 0 unspecified atom stereocenters. The van der Waals surface area contributed by atoms with Crippen molar-refractivity contribution in [3.8, 4) is 0 Å². The zero-order valence-electron chi connectivity index (χ0n) is 3.48. The Hall–Kier alpha value is -0.790. The lowest BCUT2D eigenvalue weighted by Gasteiger charge is -1.62. The van der Waals surface area contributed by atoms with Gasteiger partial charge in [0.15, 0.2) is 0 Å². The Morgan fingerprint density at radius 2 is 1.67 bits per heavy atom. The van der Waals surface area contributed by atoms with Crippen molar-refractivity contribution < 1.29 is 9.47 Å². The van der Waals surface area contributed by atoms with E-state index in [-0.39, 0.29) is 0 Å². The van der Waals surface area contributed by atoms with Crippen molar-refractivity contribution in [2.24, 2.45) is 0 Å². The highest BCUT2D eigenvalue weighted by molar-refractivity contribution is 4.41. The Labute approximate surface area is 36.6 Å². The summed E-state index contributed by atoms with van der Waals surface area (Å²) in [5.74, 6) is 0. The van der Waals surface area contributed by atoms with E-state index >= 15 is 0 Å². The van der Waals surface area contributed by atoms with Crippen LogP contribution in [0.5, 0.6) is 0 Å². The lowest BCUT2D eigenvalue weighted by molar-refractivity contribution is -0.0611. The average Bonchev–Trinajstić information content (AvgIpc) is 1.72. The summed E-state index contributed by atoms with van der Waals surface area (Å²) in [4.78, 5) is 2.81. The summed E-state index contributed by atoms with van der Waals surface area (Å²) in [5, 5.41) is 0. The first-order valence-corrected chi connectivity index (χ1v) is 1.30. The van der Waals surface area contributed by atoms with Gasteiger partial charge in [-0.3, -0.25) is 0 Å². The van der Waals surface area contributed by atoms with Gasteiger partial charge in [-0.15, -0.1) is 13.2 Å². The lowest BCUT2D eigenvalue weighted by atomic mass is 11.2. The summed E-state index contributed by atoms with van der Waals surface area (Å²) in [6.45, 7) is 8.88. The molecule has 6 heavy (non-hydrogen) atoms.